The Labute approximate surface area is 109 Å². The van der Waals surface area contributed by atoms with Gasteiger partial charge < -0.3 is 19.3 Å². The summed E-state index contributed by atoms with van der Waals surface area (Å²) in [7, 11) is 0. The quantitative estimate of drug-likeness (QED) is 0.909. The number of fused-ring (bicyclic) bond motifs is 1. The number of carbonyl (C=O) groups is 1. The molecule has 0 radical (unpaired) electrons. The Morgan fingerprint density at radius 1 is 1.50 bits per heavy atom. The summed E-state index contributed by atoms with van der Waals surface area (Å²) >= 11 is 6.05. The molecule has 0 spiro atoms. The van der Waals surface area contributed by atoms with E-state index in [0.29, 0.717) is 29.7 Å². The molecule has 1 aromatic carbocycles. The van der Waals surface area contributed by atoms with E-state index >= 15 is 0 Å². The lowest BCUT2D eigenvalue weighted by atomic mass is 10.2. The van der Waals surface area contributed by atoms with Gasteiger partial charge >= 0.3 is 5.97 Å². The van der Waals surface area contributed by atoms with Crippen molar-refractivity contribution in [2.24, 2.45) is 0 Å². The van der Waals surface area contributed by atoms with Crippen LogP contribution in [0.5, 0.6) is 11.5 Å². The third kappa shape index (κ3) is 2.86. The van der Waals surface area contributed by atoms with Gasteiger partial charge in [-0.05, 0) is 24.6 Å². The molecular weight excluding hydrogens is 260 g/mol. The summed E-state index contributed by atoms with van der Waals surface area (Å²) < 4.78 is 16.0. The molecule has 0 aliphatic carbocycles. The van der Waals surface area contributed by atoms with E-state index in [4.69, 9.17) is 30.9 Å². The molecule has 0 saturated carbocycles. The van der Waals surface area contributed by atoms with Gasteiger partial charge in [0.1, 0.15) is 13.2 Å². The van der Waals surface area contributed by atoms with E-state index < -0.39 is 12.1 Å². The predicted molar refractivity (Wildman–Crippen MR) is 64.3 cm³/mol. The molecular formula is C12H13ClO5. The van der Waals surface area contributed by atoms with Crippen LogP contribution in [0.1, 0.15) is 12.5 Å². The predicted octanol–water partition coefficient (Wildman–Crippen LogP) is 2.10. The highest BCUT2D eigenvalue weighted by Gasteiger charge is 2.17. The molecule has 1 aliphatic heterocycles. The zero-order valence-corrected chi connectivity index (χ0v) is 10.6. The van der Waals surface area contributed by atoms with Crippen LogP contribution in [-0.2, 0) is 16.1 Å². The molecule has 98 valence electrons. The summed E-state index contributed by atoms with van der Waals surface area (Å²) in [6.45, 7) is 2.57. The molecule has 6 heteroatoms. The van der Waals surface area contributed by atoms with Gasteiger partial charge in [-0.25, -0.2) is 4.79 Å². The Hall–Kier alpha value is -1.46. The molecule has 1 aromatic rings. The van der Waals surface area contributed by atoms with E-state index in [1.54, 1.807) is 12.1 Å². The fourth-order valence-electron chi connectivity index (χ4n) is 1.54. The topological polar surface area (TPSA) is 65.0 Å². The number of aliphatic carboxylic acids is 1. The van der Waals surface area contributed by atoms with Gasteiger partial charge in [-0.15, -0.1) is 0 Å². The first kappa shape index (κ1) is 13.0. The Kier molecular flexibility index (Phi) is 3.93. The van der Waals surface area contributed by atoms with Crippen LogP contribution in [0.4, 0.5) is 0 Å². The second-order valence-corrected chi connectivity index (χ2v) is 4.30. The van der Waals surface area contributed by atoms with Gasteiger partial charge in [-0.1, -0.05) is 11.6 Å². The Morgan fingerprint density at radius 2 is 2.22 bits per heavy atom. The van der Waals surface area contributed by atoms with Crippen molar-refractivity contribution < 1.29 is 24.1 Å². The van der Waals surface area contributed by atoms with Crippen LogP contribution in [0, 0.1) is 0 Å². The Balaban J connectivity index is 2.10. The molecule has 0 unspecified atom stereocenters. The van der Waals surface area contributed by atoms with E-state index in [-0.39, 0.29) is 6.61 Å². The lowest BCUT2D eigenvalue weighted by Gasteiger charge is -2.20. The highest BCUT2D eigenvalue weighted by molar-refractivity contribution is 6.32. The normalized spacial score (nSPS) is 15.2. The van der Waals surface area contributed by atoms with Crippen LogP contribution < -0.4 is 9.47 Å². The molecule has 18 heavy (non-hydrogen) atoms. The SMILES string of the molecule is C[C@@H](OCc1cc(Cl)c2c(c1)OCCO2)C(=O)O. The summed E-state index contributed by atoms with van der Waals surface area (Å²) in [6.07, 6.45) is -0.864. The Bertz CT molecular complexity index is 460. The van der Waals surface area contributed by atoms with Gasteiger partial charge in [0.05, 0.1) is 11.6 Å². The largest absolute Gasteiger partial charge is 0.486 e. The second-order valence-electron chi connectivity index (χ2n) is 3.89. The summed E-state index contributed by atoms with van der Waals surface area (Å²) in [6, 6.07) is 3.43. The zero-order chi connectivity index (χ0) is 13.1. The van der Waals surface area contributed by atoms with Gasteiger partial charge in [-0.3, -0.25) is 0 Å². The Morgan fingerprint density at radius 3 is 2.94 bits per heavy atom. The number of halogens is 1. The molecule has 1 N–H and O–H groups in total. The molecule has 1 atom stereocenters. The van der Waals surface area contributed by atoms with Crippen molar-refractivity contribution in [3.8, 4) is 11.5 Å². The number of hydrogen-bond donors (Lipinski definition) is 1. The minimum Gasteiger partial charge on any atom is -0.486 e. The molecule has 5 nitrogen and oxygen atoms in total. The fraction of sp³-hybridized carbons (Fsp3) is 0.417. The maximum absolute atomic E-state index is 10.6. The van der Waals surface area contributed by atoms with Gasteiger partial charge in [-0.2, -0.15) is 0 Å². The maximum Gasteiger partial charge on any atom is 0.332 e. The van der Waals surface area contributed by atoms with Crippen molar-refractivity contribution in [3.63, 3.8) is 0 Å². The number of hydrogen-bond acceptors (Lipinski definition) is 4. The molecule has 0 saturated heterocycles. The van der Waals surface area contributed by atoms with Gasteiger partial charge in [0, 0.05) is 0 Å². The monoisotopic (exact) mass is 272 g/mol. The van der Waals surface area contributed by atoms with E-state index in [0.717, 1.165) is 5.56 Å². The smallest absolute Gasteiger partial charge is 0.332 e. The van der Waals surface area contributed by atoms with Gasteiger partial charge in [0.25, 0.3) is 0 Å². The summed E-state index contributed by atoms with van der Waals surface area (Å²) in [5, 5.41) is 9.15. The molecule has 0 bridgehead atoms. The van der Waals surface area contributed by atoms with E-state index in [9.17, 15) is 4.79 Å². The highest BCUT2D eigenvalue weighted by atomic mass is 35.5. The number of carboxylic acid groups (broad SMARTS) is 1. The molecule has 0 amide bonds. The molecule has 1 aliphatic rings. The standard InChI is InChI=1S/C12H13ClO5/c1-7(12(14)15)18-6-8-4-9(13)11-10(5-8)16-2-3-17-11/h4-5,7H,2-3,6H2,1H3,(H,14,15)/t7-/m1/s1. The number of rotatable bonds is 4. The van der Waals surface area contributed by atoms with Crippen LogP contribution in [0.25, 0.3) is 0 Å². The first-order chi connectivity index (χ1) is 8.58. The third-order valence-electron chi connectivity index (χ3n) is 2.50. The van der Waals surface area contributed by atoms with Gasteiger partial charge in [0.2, 0.25) is 0 Å². The average Bonchev–Trinajstić information content (AvgIpc) is 2.36. The van der Waals surface area contributed by atoms with E-state index in [1.165, 1.54) is 6.92 Å². The number of ether oxygens (including phenoxy) is 3. The van der Waals surface area contributed by atoms with Crippen LogP contribution in [0.2, 0.25) is 5.02 Å². The molecule has 2 rings (SSSR count). The van der Waals surface area contributed by atoms with Crippen molar-refractivity contribution in [3.05, 3.63) is 22.7 Å². The van der Waals surface area contributed by atoms with Crippen LogP contribution in [0.15, 0.2) is 12.1 Å². The van der Waals surface area contributed by atoms with E-state index in [1.807, 2.05) is 0 Å². The van der Waals surface area contributed by atoms with Crippen molar-refractivity contribution >= 4 is 17.6 Å². The summed E-state index contributed by atoms with van der Waals surface area (Å²) in [4.78, 5) is 10.6. The highest BCUT2D eigenvalue weighted by Crippen LogP contribution is 2.38. The van der Waals surface area contributed by atoms with Gasteiger partial charge in [0.15, 0.2) is 17.6 Å². The lowest BCUT2D eigenvalue weighted by molar-refractivity contribution is -0.149. The first-order valence-corrected chi connectivity index (χ1v) is 5.88. The van der Waals surface area contributed by atoms with Crippen LogP contribution in [0.3, 0.4) is 0 Å². The summed E-state index contributed by atoms with van der Waals surface area (Å²) in [5.41, 5.74) is 0.748. The van der Waals surface area contributed by atoms with E-state index in [2.05, 4.69) is 0 Å². The molecule has 1 heterocycles. The molecule has 0 aromatic heterocycles. The minimum atomic E-state index is -1.00. The summed E-state index contributed by atoms with van der Waals surface area (Å²) in [5.74, 6) is 0.0897. The third-order valence-corrected chi connectivity index (χ3v) is 2.79. The molecule has 0 fully saturated rings. The number of benzene rings is 1. The first-order valence-electron chi connectivity index (χ1n) is 5.50. The maximum atomic E-state index is 10.6. The average molecular weight is 273 g/mol. The van der Waals surface area contributed by atoms with Crippen LogP contribution >= 0.6 is 11.6 Å². The lowest BCUT2D eigenvalue weighted by Crippen LogP contribution is -2.20. The van der Waals surface area contributed by atoms with Crippen molar-refractivity contribution in [2.75, 3.05) is 13.2 Å². The van der Waals surface area contributed by atoms with Crippen molar-refractivity contribution in [1.82, 2.24) is 0 Å². The van der Waals surface area contributed by atoms with Crippen LogP contribution in [-0.4, -0.2) is 30.4 Å². The zero-order valence-electron chi connectivity index (χ0n) is 9.81. The van der Waals surface area contributed by atoms with Crippen molar-refractivity contribution in [1.29, 1.82) is 0 Å². The number of carboxylic acids is 1. The fourth-order valence-corrected chi connectivity index (χ4v) is 1.83. The van der Waals surface area contributed by atoms with Crippen molar-refractivity contribution in [2.45, 2.75) is 19.6 Å². The minimum absolute atomic E-state index is 0.157. The second kappa shape index (κ2) is 5.46.